The number of anilines is 1. The number of thioether (sulfide) groups is 1. The van der Waals surface area contributed by atoms with E-state index in [0.717, 1.165) is 37.2 Å². The zero-order valence-electron chi connectivity index (χ0n) is 13.0. The molecule has 4 nitrogen and oxygen atoms in total. The molecule has 3 rings (SSSR count). The molecule has 2 aromatic rings. The molecule has 1 aliphatic rings. The first kappa shape index (κ1) is 16.5. The highest BCUT2D eigenvalue weighted by Crippen LogP contribution is 2.31. The van der Waals surface area contributed by atoms with E-state index in [1.54, 1.807) is 36.2 Å². The quantitative estimate of drug-likeness (QED) is 0.794. The Labute approximate surface area is 144 Å². The van der Waals surface area contributed by atoms with Gasteiger partial charge >= 0.3 is 0 Å². The summed E-state index contributed by atoms with van der Waals surface area (Å²) < 4.78 is 14.1. The first-order chi connectivity index (χ1) is 11.7. The summed E-state index contributed by atoms with van der Waals surface area (Å²) in [6.07, 6.45) is 4.23. The summed E-state index contributed by atoms with van der Waals surface area (Å²) in [6.45, 7) is 1.54. The second-order valence-corrected chi connectivity index (χ2v) is 6.95. The van der Waals surface area contributed by atoms with Gasteiger partial charge in [-0.05, 0) is 43.2 Å². The van der Waals surface area contributed by atoms with Crippen LogP contribution in [-0.2, 0) is 0 Å². The number of aromatic nitrogens is 1. The van der Waals surface area contributed by atoms with Gasteiger partial charge in [-0.1, -0.05) is 0 Å². The van der Waals surface area contributed by atoms with E-state index in [1.807, 2.05) is 17.0 Å². The molecule has 0 saturated carbocycles. The van der Waals surface area contributed by atoms with Gasteiger partial charge in [-0.3, -0.25) is 4.79 Å². The number of hydrogen-bond acceptors (Lipinski definition) is 5. The number of nitrogens with zero attached hydrogens (tertiary/aromatic N) is 3. The third kappa shape index (κ3) is 3.74. The van der Waals surface area contributed by atoms with Gasteiger partial charge in [0.25, 0.3) is 0 Å². The van der Waals surface area contributed by atoms with Gasteiger partial charge in [-0.2, -0.15) is 5.26 Å². The van der Waals surface area contributed by atoms with E-state index in [2.05, 4.69) is 4.98 Å². The molecule has 2 heterocycles. The van der Waals surface area contributed by atoms with Gasteiger partial charge in [0.05, 0.1) is 22.3 Å². The predicted octanol–water partition coefficient (Wildman–Crippen LogP) is 3.67. The number of aldehydes is 1. The highest BCUT2D eigenvalue weighted by molar-refractivity contribution is 7.99. The fourth-order valence-corrected chi connectivity index (χ4v) is 3.80. The normalized spacial score (nSPS) is 15.1. The van der Waals surface area contributed by atoms with Crippen molar-refractivity contribution in [1.82, 2.24) is 4.98 Å². The van der Waals surface area contributed by atoms with Crippen molar-refractivity contribution in [3.05, 3.63) is 53.5 Å². The zero-order valence-corrected chi connectivity index (χ0v) is 13.8. The Morgan fingerprint density at radius 1 is 1.29 bits per heavy atom. The molecule has 0 bridgehead atoms. The minimum atomic E-state index is -0.341. The number of halogens is 1. The lowest BCUT2D eigenvalue weighted by atomic mass is 10.1. The van der Waals surface area contributed by atoms with Crippen molar-refractivity contribution in [1.29, 1.82) is 5.26 Å². The lowest BCUT2D eigenvalue weighted by Gasteiger charge is -2.33. The summed E-state index contributed by atoms with van der Waals surface area (Å²) >= 11 is 1.70. The van der Waals surface area contributed by atoms with E-state index in [1.165, 1.54) is 6.07 Å². The van der Waals surface area contributed by atoms with Crippen molar-refractivity contribution in [2.75, 3.05) is 18.0 Å². The van der Waals surface area contributed by atoms with Crippen molar-refractivity contribution in [3.8, 4) is 6.07 Å². The Kier molecular flexibility index (Phi) is 5.11. The molecule has 0 N–H and O–H groups in total. The number of carbonyl (C=O) groups is 1. The van der Waals surface area contributed by atoms with E-state index >= 15 is 0 Å². The smallest absolute Gasteiger partial charge is 0.151 e. The van der Waals surface area contributed by atoms with E-state index < -0.39 is 0 Å². The van der Waals surface area contributed by atoms with Crippen LogP contribution in [0.25, 0.3) is 0 Å². The molecule has 0 atom stereocenters. The van der Waals surface area contributed by atoms with Gasteiger partial charge in [-0.25, -0.2) is 9.37 Å². The van der Waals surface area contributed by atoms with Crippen LogP contribution in [0.5, 0.6) is 0 Å². The summed E-state index contributed by atoms with van der Waals surface area (Å²) in [5.74, 6) is -0.341. The fourth-order valence-electron chi connectivity index (χ4n) is 2.75. The molecule has 1 aromatic carbocycles. The highest BCUT2D eigenvalue weighted by atomic mass is 32.2. The largest absolute Gasteiger partial charge is 0.369 e. The van der Waals surface area contributed by atoms with E-state index in [-0.39, 0.29) is 5.82 Å². The van der Waals surface area contributed by atoms with Crippen LogP contribution in [0, 0.1) is 17.1 Å². The van der Waals surface area contributed by atoms with E-state index in [4.69, 9.17) is 5.26 Å². The molecule has 1 aliphatic heterocycles. The van der Waals surface area contributed by atoms with Crippen LogP contribution >= 0.6 is 11.8 Å². The SMILES string of the molecule is N#Cc1ccc(N2CCC(Sc3ccc(C=O)cn3)CC2)c(F)c1. The fraction of sp³-hybridized carbons (Fsp3) is 0.278. The molecule has 0 amide bonds. The molecule has 0 aliphatic carbocycles. The van der Waals surface area contributed by atoms with Crippen molar-refractivity contribution in [3.63, 3.8) is 0 Å². The second kappa shape index (κ2) is 7.45. The molecule has 1 aromatic heterocycles. The van der Waals surface area contributed by atoms with Crippen LogP contribution in [0.3, 0.4) is 0 Å². The molecule has 1 saturated heterocycles. The van der Waals surface area contributed by atoms with Gasteiger partial charge < -0.3 is 4.90 Å². The second-order valence-electron chi connectivity index (χ2n) is 5.63. The summed E-state index contributed by atoms with van der Waals surface area (Å²) in [4.78, 5) is 17.0. The summed E-state index contributed by atoms with van der Waals surface area (Å²) in [6, 6.07) is 10.2. The minimum absolute atomic E-state index is 0.339. The third-order valence-corrected chi connectivity index (χ3v) is 5.33. The average Bonchev–Trinajstić information content (AvgIpc) is 2.63. The maximum absolute atomic E-state index is 14.1. The Morgan fingerprint density at radius 3 is 2.67 bits per heavy atom. The van der Waals surface area contributed by atoms with E-state index in [9.17, 15) is 9.18 Å². The number of pyridine rings is 1. The molecule has 1 fully saturated rings. The Bertz CT molecular complexity index is 765. The summed E-state index contributed by atoms with van der Waals surface area (Å²) in [7, 11) is 0. The van der Waals surface area contributed by atoms with Crippen LogP contribution in [0.2, 0.25) is 0 Å². The van der Waals surface area contributed by atoms with Crippen LogP contribution in [0.1, 0.15) is 28.8 Å². The van der Waals surface area contributed by atoms with Gasteiger partial charge in [0, 0.05) is 30.1 Å². The van der Waals surface area contributed by atoms with Gasteiger partial charge in [0.2, 0.25) is 0 Å². The Hall–Kier alpha value is -2.39. The Morgan fingerprint density at radius 2 is 2.08 bits per heavy atom. The number of nitriles is 1. The monoisotopic (exact) mass is 341 g/mol. The first-order valence-electron chi connectivity index (χ1n) is 7.72. The van der Waals surface area contributed by atoms with Crippen molar-refractivity contribution < 1.29 is 9.18 Å². The lowest BCUT2D eigenvalue weighted by Crippen LogP contribution is -2.35. The van der Waals surface area contributed by atoms with Crippen molar-refractivity contribution >= 4 is 23.7 Å². The predicted molar refractivity (Wildman–Crippen MR) is 91.8 cm³/mol. The van der Waals surface area contributed by atoms with Crippen LogP contribution in [-0.4, -0.2) is 29.6 Å². The highest BCUT2D eigenvalue weighted by Gasteiger charge is 2.22. The Balaban J connectivity index is 1.59. The number of benzene rings is 1. The van der Waals surface area contributed by atoms with Crippen LogP contribution < -0.4 is 4.90 Å². The molecule has 0 radical (unpaired) electrons. The molecular weight excluding hydrogens is 325 g/mol. The first-order valence-corrected chi connectivity index (χ1v) is 8.60. The molecule has 6 heteroatoms. The van der Waals surface area contributed by atoms with Gasteiger partial charge in [-0.15, -0.1) is 11.8 Å². The van der Waals surface area contributed by atoms with E-state index in [0.29, 0.717) is 22.1 Å². The number of rotatable bonds is 4. The molecular formula is C18H16FN3OS. The lowest BCUT2D eigenvalue weighted by molar-refractivity contribution is 0.112. The molecule has 0 unspecified atom stereocenters. The van der Waals surface area contributed by atoms with Crippen molar-refractivity contribution in [2.45, 2.75) is 23.1 Å². The van der Waals surface area contributed by atoms with Gasteiger partial charge in [0.1, 0.15) is 5.82 Å². The van der Waals surface area contributed by atoms with Crippen LogP contribution in [0.15, 0.2) is 41.6 Å². The number of carbonyl (C=O) groups excluding carboxylic acids is 1. The number of piperidine rings is 1. The van der Waals surface area contributed by atoms with Gasteiger partial charge in [0.15, 0.2) is 6.29 Å². The maximum atomic E-state index is 14.1. The molecule has 24 heavy (non-hydrogen) atoms. The number of hydrogen-bond donors (Lipinski definition) is 0. The third-order valence-electron chi connectivity index (χ3n) is 4.04. The topological polar surface area (TPSA) is 57.0 Å². The standard InChI is InChI=1S/C18H16FN3OS/c19-16-9-13(10-20)1-3-17(16)22-7-5-15(6-8-22)24-18-4-2-14(12-23)11-21-18/h1-4,9,11-12,15H,5-8H2. The van der Waals surface area contributed by atoms with Crippen molar-refractivity contribution in [2.24, 2.45) is 0 Å². The maximum Gasteiger partial charge on any atom is 0.151 e. The minimum Gasteiger partial charge on any atom is -0.369 e. The summed E-state index contributed by atoms with van der Waals surface area (Å²) in [5.41, 5.74) is 1.47. The molecule has 0 spiro atoms. The molecule has 122 valence electrons. The summed E-state index contributed by atoms with van der Waals surface area (Å²) in [5, 5.41) is 10.1. The average molecular weight is 341 g/mol. The zero-order chi connectivity index (χ0) is 16.9. The van der Waals surface area contributed by atoms with Crippen LogP contribution in [0.4, 0.5) is 10.1 Å².